The molecule has 0 fully saturated rings. The Morgan fingerprint density at radius 3 is 1.97 bits per heavy atom. The van der Waals surface area contributed by atoms with Gasteiger partial charge in [0.2, 0.25) is 0 Å². The van der Waals surface area contributed by atoms with Gasteiger partial charge in [-0.2, -0.15) is 0 Å². The van der Waals surface area contributed by atoms with Crippen molar-refractivity contribution in [3.8, 4) is 5.75 Å². The van der Waals surface area contributed by atoms with Gasteiger partial charge in [-0.15, -0.1) is 0 Å². The summed E-state index contributed by atoms with van der Waals surface area (Å²) < 4.78 is 5.42. The molecule has 0 aliphatic rings. The van der Waals surface area contributed by atoms with Gasteiger partial charge in [0.1, 0.15) is 5.75 Å². The Bertz CT molecular complexity index is 823. The number of ether oxygens (including phenoxy) is 1. The third kappa shape index (κ3) is 9.43. The molecule has 2 aromatic rings. The van der Waals surface area contributed by atoms with Gasteiger partial charge in [-0.3, -0.25) is 4.79 Å². The number of allylic oxidation sites excluding steroid dienone is 1. The molecule has 0 spiro atoms. The molecule has 2 rings (SSSR count). The van der Waals surface area contributed by atoms with E-state index in [9.17, 15) is 4.79 Å². The van der Waals surface area contributed by atoms with E-state index in [2.05, 4.69) is 52.5 Å². The maximum atomic E-state index is 10.9. The first kappa shape index (κ1) is 27.6. The number of ketones is 1. The molecule has 0 radical (unpaired) electrons. The summed E-state index contributed by atoms with van der Waals surface area (Å²) >= 11 is 0. The minimum absolute atomic E-state index is 0.133. The second-order valence-corrected chi connectivity index (χ2v) is 8.58. The number of benzene rings is 2. The maximum absolute atomic E-state index is 10.9. The fraction of sp³-hybridized carbons (Fsp3) is 0.464. The summed E-state index contributed by atoms with van der Waals surface area (Å²) in [5.74, 6) is 1.10. The number of rotatable bonds is 5. The van der Waals surface area contributed by atoms with Gasteiger partial charge in [0.05, 0.1) is 7.11 Å². The molecule has 0 atom stereocenters. The lowest BCUT2D eigenvalue weighted by Crippen LogP contribution is -2.05. The van der Waals surface area contributed by atoms with Crippen molar-refractivity contribution in [3.05, 3.63) is 70.8 Å². The molecular formula is C28H42O2. The van der Waals surface area contributed by atoms with Crippen LogP contribution in [0.25, 0.3) is 5.57 Å². The van der Waals surface area contributed by atoms with E-state index in [1.165, 1.54) is 27.8 Å². The predicted octanol–water partition coefficient (Wildman–Crippen LogP) is 8.24. The molecular weight excluding hydrogens is 368 g/mol. The molecule has 2 heteroatoms. The molecule has 0 saturated carbocycles. The number of carbonyl (C=O) groups excluding carboxylic acids is 1. The van der Waals surface area contributed by atoms with E-state index < -0.39 is 0 Å². The van der Waals surface area contributed by atoms with Gasteiger partial charge in [0.15, 0.2) is 5.78 Å². The topological polar surface area (TPSA) is 26.3 Å². The molecule has 0 unspecified atom stereocenters. The highest BCUT2D eigenvalue weighted by atomic mass is 16.5. The number of aryl methyl sites for hydroxylation is 3. The summed E-state index contributed by atoms with van der Waals surface area (Å²) in [6, 6.07) is 12.2. The third-order valence-corrected chi connectivity index (χ3v) is 4.73. The molecule has 2 aromatic carbocycles. The first-order chi connectivity index (χ1) is 14.0. The Labute approximate surface area is 185 Å². The largest absolute Gasteiger partial charge is 0.496 e. The minimum Gasteiger partial charge on any atom is -0.496 e. The predicted molar refractivity (Wildman–Crippen MR) is 133 cm³/mol. The summed E-state index contributed by atoms with van der Waals surface area (Å²) in [7, 11) is 1.73. The van der Waals surface area contributed by atoms with Crippen LogP contribution in [0.2, 0.25) is 0 Å². The highest BCUT2D eigenvalue weighted by Gasteiger charge is 2.14. The van der Waals surface area contributed by atoms with E-state index >= 15 is 0 Å². The zero-order chi connectivity index (χ0) is 23.5. The van der Waals surface area contributed by atoms with Crippen LogP contribution in [0.4, 0.5) is 0 Å². The highest BCUT2D eigenvalue weighted by Crippen LogP contribution is 2.31. The molecule has 0 saturated heterocycles. The lowest BCUT2D eigenvalue weighted by molar-refractivity contribution is 0.101. The third-order valence-electron chi connectivity index (χ3n) is 4.73. The van der Waals surface area contributed by atoms with Crippen LogP contribution in [-0.4, -0.2) is 12.9 Å². The molecule has 166 valence electrons. The second kappa shape index (κ2) is 13.1. The van der Waals surface area contributed by atoms with Gasteiger partial charge in [0, 0.05) is 5.56 Å². The molecule has 2 nitrogen and oxygen atoms in total. The first-order valence-electron chi connectivity index (χ1n) is 10.9. The molecule has 0 bridgehead atoms. The minimum atomic E-state index is 0.133. The van der Waals surface area contributed by atoms with Crippen molar-refractivity contribution in [1.82, 2.24) is 0 Å². The van der Waals surface area contributed by atoms with E-state index in [1.807, 2.05) is 45.9 Å². The van der Waals surface area contributed by atoms with Gasteiger partial charge in [-0.05, 0) is 79.0 Å². The normalized spacial score (nSPS) is 10.2. The average Bonchev–Trinajstić information content (AvgIpc) is 2.70. The van der Waals surface area contributed by atoms with E-state index in [0.29, 0.717) is 0 Å². The molecule has 0 heterocycles. The molecule has 0 aliphatic heterocycles. The molecule has 0 aromatic heterocycles. The van der Waals surface area contributed by atoms with E-state index in [-0.39, 0.29) is 11.2 Å². The van der Waals surface area contributed by atoms with Crippen molar-refractivity contribution in [2.24, 2.45) is 5.41 Å². The number of Topliss-reactive ketones (excluding diaryl/α,β-unsaturated/α-hetero) is 1. The molecule has 0 amide bonds. The lowest BCUT2D eigenvalue weighted by Gasteiger charge is -2.20. The molecule has 0 N–H and O–H groups in total. The van der Waals surface area contributed by atoms with Gasteiger partial charge >= 0.3 is 0 Å². The Morgan fingerprint density at radius 2 is 1.53 bits per heavy atom. The van der Waals surface area contributed by atoms with Crippen LogP contribution in [0.3, 0.4) is 0 Å². The van der Waals surface area contributed by atoms with Crippen LogP contribution in [0.1, 0.15) is 87.5 Å². The Balaban J connectivity index is 0.000000557. The first-order valence-corrected chi connectivity index (χ1v) is 10.9. The SMILES string of the molecule is C=C(CC(C)(C)C)c1ccc(CC)c(OC)c1.CC.CC(=O)c1ccc(C)c(C)c1. The summed E-state index contributed by atoms with van der Waals surface area (Å²) in [4.78, 5) is 10.9. The lowest BCUT2D eigenvalue weighted by atomic mass is 9.86. The smallest absolute Gasteiger partial charge is 0.159 e. The zero-order valence-electron chi connectivity index (χ0n) is 20.9. The second-order valence-electron chi connectivity index (χ2n) is 8.58. The van der Waals surface area contributed by atoms with Crippen molar-refractivity contribution < 1.29 is 9.53 Å². The number of methoxy groups -OCH3 is 1. The monoisotopic (exact) mass is 410 g/mol. The van der Waals surface area contributed by atoms with Crippen molar-refractivity contribution in [1.29, 1.82) is 0 Å². The van der Waals surface area contributed by atoms with Crippen LogP contribution in [0.15, 0.2) is 43.0 Å². The van der Waals surface area contributed by atoms with Gasteiger partial charge in [-0.1, -0.05) is 72.4 Å². The van der Waals surface area contributed by atoms with Crippen molar-refractivity contribution in [2.45, 2.75) is 75.2 Å². The Morgan fingerprint density at radius 1 is 0.967 bits per heavy atom. The summed E-state index contributed by atoms with van der Waals surface area (Å²) in [6.45, 7) is 22.7. The highest BCUT2D eigenvalue weighted by molar-refractivity contribution is 5.94. The number of hydrogen-bond acceptors (Lipinski definition) is 2. The number of carbonyl (C=O) groups is 1. The quantitative estimate of drug-likeness (QED) is 0.464. The number of hydrogen-bond donors (Lipinski definition) is 0. The Kier molecular flexibility index (Phi) is 12.0. The molecule has 30 heavy (non-hydrogen) atoms. The van der Waals surface area contributed by atoms with Crippen LogP contribution in [0, 0.1) is 19.3 Å². The fourth-order valence-electron chi connectivity index (χ4n) is 2.96. The van der Waals surface area contributed by atoms with Crippen molar-refractivity contribution >= 4 is 11.4 Å². The van der Waals surface area contributed by atoms with Gasteiger partial charge < -0.3 is 4.74 Å². The summed E-state index contributed by atoms with van der Waals surface area (Å²) in [6.07, 6.45) is 2.00. The maximum Gasteiger partial charge on any atom is 0.159 e. The Hall–Kier alpha value is -2.35. The van der Waals surface area contributed by atoms with Crippen molar-refractivity contribution in [2.75, 3.05) is 7.11 Å². The summed E-state index contributed by atoms with van der Waals surface area (Å²) in [5.41, 5.74) is 7.10. The standard InChI is InChI=1S/C16H24O.C10H12O.C2H6/c1-7-13-8-9-14(10-15(13)17-6)12(2)11-16(3,4)5;1-7-4-5-10(9(3)11)6-8(7)2;1-2/h8-10H,2,7,11H2,1,3-6H3;4-6H,1-3H3;1-2H3. The van der Waals surface area contributed by atoms with Gasteiger partial charge in [0.25, 0.3) is 0 Å². The van der Waals surface area contributed by atoms with Crippen LogP contribution in [0.5, 0.6) is 5.75 Å². The van der Waals surface area contributed by atoms with E-state index in [0.717, 1.165) is 24.2 Å². The van der Waals surface area contributed by atoms with Gasteiger partial charge in [-0.25, -0.2) is 0 Å². The molecule has 0 aliphatic carbocycles. The van der Waals surface area contributed by atoms with E-state index in [4.69, 9.17) is 4.74 Å². The van der Waals surface area contributed by atoms with Crippen LogP contribution < -0.4 is 4.74 Å². The van der Waals surface area contributed by atoms with Crippen LogP contribution in [-0.2, 0) is 6.42 Å². The average molecular weight is 411 g/mol. The van der Waals surface area contributed by atoms with Crippen molar-refractivity contribution in [3.63, 3.8) is 0 Å². The van der Waals surface area contributed by atoms with E-state index in [1.54, 1.807) is 14.0 Å². The van der Waals surface area contributed by atoms with Crippen LogP contribution >= 0.6 is 0 Å². The zero-order valence-corrected chi connectivity index (χ0v) is 20.9. The fourth-order valence-corrected chi connectivity index (χ4v) is 2.96. The summed E-state index contributed by atoms with van der Waals surface area (Å²) in [5, 5.41) is 0.